The number of pyridine rings is 1. The Morgan fingerprint density at radius 1 is 1.62 bits per heavy atom. The molecule has 5 nitrogen and oxygen atoms in total. The van der Waals surface area contributed by atoms with E-state index in [0.29, 0.717) is 5.56 Å². The van der Waals surface area contributed by atoms with E-state index in [-0.39, 0.29) is 11.4 Å². The van der Waals surface area contributed by atoms with E-state index in [1.807, 2.05) is 0 Å². The number of carbonyl (C=O) groups is 1. The second-order valence-corrected chi connectivity index (χ2v) is 2.64. The van der Waals surface area contributed by atoms with Gasteiger partial charge in [-0.1, -0.05) is 0 Å². The molecular weight excluding hydrogens is 172 g/mol. The molecule has 0 aromatic carbocycles. The van der Waals surface area contributed by atoms with Crippen LogP contribution in [-0.2, 0) is 0 Å². The molecule has 0 N–H and O–H groups in total. The second kappa shape index (κ2) is 3.30. The number of hydrogen-bond donors (Lipinski definition) is 0. The van der Waals surface area contributed by atoms with E-state index < -0.39 is 10.7 Å². The van der Waals surface area contributed by atoms with E-state index in [1.165, 1.54) is 19.2 Å². The molecular formula is C8H8N2O3. The molecule has 1 aromatic heterocycles. The van der Waals surface area contributed by atoms with Gasteiger partial charge in [0.05, 0.1) is 4.92 Å². The largest absolute Gasteiger partial charge is 0.301 e. The molecule has 1 rings (SSSR count). The number of Topliss-reactive ketones (excluding diaryl/α,β-unsaturated/α-hetero) is 1. The normalized spacial score (nSPS) is 9.69. The lowest BCUT2D eigenvalue weighted by Crippen LogP contribution is -2.04. The van der Waals surface area contributed by atoms with Crippen LogP contribution in [-0.4, -0.2) is 15.7 Å². The molecule has 0 saturated heterocycles. The zero-order valence-electron chi connectivity index (χ0n) is 7.27. The van der Waals surface area contributed by atoms with Crippen molar-refractivity contribution in [1.82, 2.24) is 4.98 Å². The van der Waals surface area contributed by atoms with Crippen molar-refractivity contribution in [2.24, 2.45) is 0 Å². The highest BCUT2D eigenvalue weighted by Crippen LogP contribution is 2.20. The summed E-state index contributed by atoms with van der Waals surface area (Å²) >= 11 is 0. The van der Waals surface area contributed by atoms with Crippen LogP contribution in [0.4, 0.5) is 5.69 Å². The van der Waals surface area contributed by atoms with Gasteiger partial charge >= 0.3 is 5.69 Å². The number of ketones is 1. The van der Waals surface area contributed by atoms with Crippen LogP contribution >= 0.6 is 0 Å². The van der Waals surface area contributed by atoms with Crippen LogP contribution in [0.3, 0.4) is 0 Å². The predicted octanol–water partition coefficient (Wildman–Crippen LogP) is 1.50. The summed E-state index contributed by atoms with van der Waals surface area (Å²) in [6.07, 6.45) is 1.39. The highest BCUT2D eigenvalue weighted by atomic mass is 16.6. The van der Waals surface area contributed by atoms with Gasteiger partial charge in [0.15, 0.2) is 11.5 Å². The smallest absolute Gasteiger partial charge is 0.292 e. The van der Waals surface area contributed by atoms with Crippen LogP contribution in [0, 0.1) is 17.0 Å². The Morgan fingerprint density at radius 2 is 2.23 bits per heavy atom. The van der Waals surface area contributed by atoms with E-state index >= 15 is 0 Å². The standard InChI is InChI=1S/C8H8N2O3/c1-5-3-4-9-7(6(2)11)8(5)10(12)13/h3-4H,1-2H3. The van der Waals surface area contributed by atoms with Gasteiger partial charge in [0.25, 0.3) is 0 Å². The number of nitro groups is 1. The molecule has 0 aliphatic heterocycles. The minimum atomic E-state index is -0.584. The molecule has 13 heavy (non-hydrogen) atoms. The van der Waals surface area contributed by atoms with Crippen LogP contribution in [0.1, 0.15) is 23.0 Å². The van der Waals surface area contributed by atoms with Crippen molar-refractivity contribution in [1.29, 1.82) is 0 Å². The fraction of sp³-hybridized carbons (Fsp3) is 0.250. The number of rotatable bonds is 2. The molecule has 0 unspecified atom stereocenters. The summed E-state index contributed by atoms with van der Waals surface area (Å²) in [6, 6.07) is 1.50. The van der Waals surface area contributed by atoms with Crippen molar-refractivity contribution < 1.29 is 9.72 Å². The summed E-state index contributed by atoms with van der Waals surface area (Å²) in [6.45, 7) is 2.83. The number of carbonyl (C=O) groups excluding carboxylic acids is 1. The minimum absolute atomic E-state index is 0.0787. The van der Waals surface area contributed by atoms with Gasteiger partial charge < -0.3 is 0 Å². The molecule has 0 saturated carbocycles. The average molecular weight is 180 g/mol. The van der Waals surface area contributed by atoms with Gasteiger partial charge in [-0.15, -0.1) is 0 Å². The number of nitrogens with zero attached hydrogens (tertiary/aromatic N) is 2. The zero-order valence-corrected chi connectivity index (χ0v) is 7.27. The molecule has 0 aliphatic rings. The monoisotopic (exact) mass is 180 g/mol. The van der Waals surface area contributed by atoms with Crippen molar-refractivity contribution in [2.75, 3.05) is 0 Å². The summed E-state index contributed by atoms with van der Waals surface area (Å²) in [4.78, 5) is 24.6. The van der Waals surface area contributed by atoms with E-state index in [1.54, 1.807) is 6.92 Å². The average Bonchev–Trinajstić information content (AvgIpc) is 2.02. The number of aryl methyl sites for hydroxylation is 1. The van der Waals surface area contributed by atoms with Gasteiger partial charge in [0.2, 0.25) is 0 Å². The fourth-order valence-corrected chi connectivity index (χ4v) is 1.04. The maximum atomic E-state index is 11.0. The second-order valence-electron chi connectivity index (χ2n) is 2.64. The molecule has 1 aromatic rings. The Labute approximate surface area is 74.6 Å². The third-order valence-corrected chi connectivity index (χ3v) is 1.64. The van der Waals surface area contributed by atoms with E-state index in [2.05, 4.69) is 4.98 Å². The maximum absolute atomic E-state index is 11.0. The first-order valence-corrected chi connectivity index (χ1v) is 3.65. The predicted molar refractivity (Wildman–Crippen MR) is 45.6 cm³/mol. The third kappa shape index (κ3) is 1.69. The van der Waals surface area contributed by atoms with Crippen LogP contribution in [0.2, 0.25) is 0 Å². The van der Waals surface area contributed by atoms with Crippen molar-refractivity contribution >= 4 is 11.5 Å². The summed E-state index contributed by atoms with van der Waals surface area (Å²) in [5.74, 6) is -0.393. The Bertz CT molecular complexity index is 374. The van der Waals surface area contributed by atoms with Crippen molar-refractivity contribution in [3.8, 4) is 0 Å². The molecule has 0 atom stereocenters. The first kappa shape index (κ1) is 9.31. The SMILES string of the molecule is CC(=O)c1nccc(C)c1[N+](=O)[O-]. The van der Waals surface area contributed by atoms with Crippen LogP contribution in [0.15, 0.2) is 12.3 Å². The van der Waals surface area contributed by atoms with Gasteiger partial charge in [0, 0.05) is 18.7 Å². The lowest BCUT2D eigenvalue weighted by Gasteiger charge is -1.99. The zero-order chi connectivity index (χ0) is 10.0. The Kier molecular flexibility index (Phi) is 2.36. The molecule has 0 amide bonds. The van der Waals surface area contributed by atoms with E-state index in [0.717, 1.165) is 0 Å². The van der Waals surface area contributed by atoms with Gasteiger partial charge in [-0.2, -0.15) is 0 Å². The van der Waals surface area contributed by atoms with Gasteiger partial charge in [0.1, 0.15) is 0 Å². The molecule has 0 spiro atoms. The topological polar surface area (TPSA) is 73.1 Å². The lowest BCUT2D eigenvalue weighted by molar-refractivity contribution is -0.386. The quantitative estimate of drug-likeness (QED) is 0.392. The van der Waals surface area contributed by atoms with Gasteiger partial charge in [-0.25, -0.2) is 4.98 Å². The summed E-state index contributed by atoms with van der Waals surface area (Å²) in [5.41, 5.74) is 0.171. The first-order chi connectivity index (χ1) is 6.04. The van der Waals surface area contributed by atoms with Crippen molar-refractivity contribution in [3.63, 3.8) is 0 Å². The molecule has 68 valence electrons. The van der Waals surface area contributed by atoms with Crippen molar-refractivity contribution in [3.05, 3.63) is 33.6 Å². The Balaban J connectivity index is 3.43. The van der Waals surface area contributed by atoms with Crippen LogP contribution in [0.5, 0.6) is 0 Å². The van der Waals surface area contributed by atoms with Crippen molar-refractivity contribution in [2.45, 2.75) is 13.8 Å². The molecule has 0 aliphatic carbocycles. The summed E-state index contributed by atoms with van der Waals surface area (Å²) in [5, 5.41) is 10.6. The molecule has 0 fully saturated rings. The summed E-state index contributed by atoms with van der Waals surface area (Å²) < 4.78 is 0. The lowest BCUT2D eigenvalue weighted by atomic mass is 10.1. The molecule has 5 heteroatoms. The third-order valence-electron chi connectivity index (χ3n) is 1.64. The maximum Gasteiger partial charge on any atom is 0.301 e. The first-order valence-electron chi connectivity index (χ1n) is 3.65. The highest BCUT2D eigenvalue weighted by Gasteiger charge is 2.20. The van der Waals surface area contributed by atoms with E-state index in [9.17, 15) is 14.9 Å². The van der Waals surface area contributed by atoms with Gasteiger partial charge in [-0.3, -0.25) is 14.9 Å². The van der Waals surface area contributed by atoms with Crippen LogP contribution < -0.4 is 0 Å². The fourth-order valence-electron chi connectivity index (χ4n) is 1.04. The highest BCUT2D eigenvalue weighted by molar-refractivity contribution is 5.96. The van der Waals surface area contributed by atoms with E-state index in [4.69, 9.17) is 0 Å². The molecule has 1 heterocycles. The Morgan fingerprint density at radius 3 is 2.62 bits per heavy atom. The summed E-state index contributed by atoms with van der Waals surface area (Å²) in [7, 11) is 0. The Hall–Kier alpha value is -1.78. The molecule has 0 bridgehead atoms. The number of hydrogen-bond acceptors (Lipinski definition) is 4. The number of aromatic nitrogens is 1. The minimum Gasteiger partial charge on any atom is -0.292 e. The van der Waals surface area contributed by atoms with Gasteiger partial charge in [-0.05, 0) is 13.0 Å². The molecule has 0 radical (unpaired) electrons. The van der Waals surface area contributed by atoms with Crippen LogP contribution in [0.25, 0.3) is 0 Å².